The van der Waals surface area contributed by atoms with Gasteiger partial charge < -0.3 is 5.32 Å². The molecule has 1 N–H and O–H groups in total. The molecular weight excluding hydrogens is 353 g/mol. The van der Waals surface area contributed by atoms with E-state index in [2.05, 4.69) is 5.32 Å². The Morgan fingerprint density at radius 1 is 1.30 bits per heavy atom. The summed E-state index contributed by atoms with van der Waals surface area (Å²) in [6, 6.07) is 5.10. The van der Waals surface area contributed by atoms with Crippen LogP contribution in [0.25, 0.3) is 0 Å². The summed E-state index contributed by atoms with van der Waals surface area (Å²) >= 11 is 12.0. The van der Waals surface area contributed by atoms with Gasteiger partial charge in [0.05, 0.1) is 5.75 Å². The number of nitrogens with one attached hydrogen (secondary N) is 1. The van der Waals surface area contributed by atoms with Crippen molar-refractivity contribution in [3.8, 4) is 0 Å². The maximum atomic E-state index is 12.4. The highest BCUT2D eigenvalue weighted by Crippen LogP contribution is 2.24. The number of halogens is 2. The van der Waals surface area contributed by atoms with Crippen LogP contribution in [0.4, 0.5) is 0 Å². The van der Waals surface area contributed by atoms with Gasteiger partial charge in [-0.15, -0.1) is 0 Å². The van der Waals surface area contributed by atoms with Gasteiger partial charge in [-0.05, 0) is 43.4 Å². The molecule has 128 valence electrons. The van der Waals surface area contributed by atoms with Gasteiger partial charge >= 0.3 is 0 Å². The van der Waals surface area contributed by atoms with E-state index in [1.165, 1.54) is 32.1 Å². The second-order valence-corrected chi connectivity index (χ2v) is 8.75. The molecule has 2 unspecified atom stereocenters. The van der Waals surface area contributed by atoms with Gasteiger partial charge in [0.2, 0.25) is 5.91 Å². The van der Waals surface area contributed by atoms with Crippen molar-refractivity contribution in [1.29, 1.82) is 0 Å². The van der Waals surface area contributed by atoms with Crippen LogP contribution >= 0.6 is 23.2 Å². The third-order valence-electron chi connectivity index (χ3n) is 4.37. The molecule has 2 atom stereocenters. The van der Waals surface area contributed by atoms with Crippen LogP contribution in [0, 0.1) is 5.92 Å². The molecule has 1 saturated carbocycles. The Balaban J connectivity index is 1.84. The molecule has 3 nitrogen and oxygen atoms in total. The Labute approximate surface area is 150 Å². The largest absolute Gasteiger partial charge is 0.355 e. The molecule has 0 radical (unpaired) electrons. The van der Waals surface area contributed by atoms with E-state index in [1.807, 2.05) is 0 Å². The number of rotatable bonds is 6. The molecular formula is C17H23Cl2NO2S. The first kappa shape index (κ1) is 18.8. The molecule has 1 amide bonds. The molecule has 0 heterocycles. The van der Waals surface area contributed by atoms with E-state index in [1.54, 1.807) is 25.1 Å². The fourth-order valence-corrected chi connectivity index (χ4v) is 4.50. The fraction of sp³-hybridized carbons (Fsp3) is 0.588. The van der Waals surface area contributed by atoms with E-state index in [9.17, 15) is 9.00 Å². The highest BCUT2D eigenvalue weighted by molar-refractivity contribution is 7.85. The van der Waals surface area contributed by atoms with Crippen molar-refractivity contribution in [3.63, 3.8) is 0 Å². The summed E-state index contributed by atoms with van der Waals surface area (Å²) in [6.45, 7) is 2.40. The van der Waals surface area contributed by atoms with Crippen LogP contribution in [0.2, 0.25) is 10.0 Å². The number of hydrogen-bond donors (Lipinski definition) is 1. The summed E-state index contributed by atoms with van der Waals surface area (Å²) in [6.07, 6.45) is 6.15. The van der Waals surface area contributed by atoms with Crippen molar-refractivity contribution in [2.45, 2.75) is 50.0 Å². The first-order valence-electron chi connectivity index (χ1n) is 8.06. The minimum atomic E-state index is -1.31. The van der Waals surface area contributed by atoms with Gasteiger partial charge in [-0.25, -0.2) is 0 Å². The zero-order chi connectivity index (χ0) is 16.8. The zero-order valence-corrected chi connectivity index (χ0v) is 15.6. The van der Waals surface area contributed by atoms with Crippen LogP contribution in [0.5, 0.6) is 0 Å². The van der Waals surface area contributed by atoms with Crippen molar-refractivity contribution >= 4 is 39.9 Å². The van der Waals surface area contributed by atoms with E-state index in [-0.39, 0.29) is 11.7 Å². The Bertz CT molecular complexity index is 574. The van der Waals surface area contributed by atoms with Crippen LogP contribution < -0.4 is 5.32 Å². The van der Waals surface area contributed by atoms with Crippen LogP contribution in [0.1, 0.15) is 44.6 Å². The van der Waals surface area contributed by atoms with Crippen molar-refractivity contribution in [2.24, 2.45) is 5.92 Å². The van der Waals surface area contributed by atoms with Crippen LogP contribution in [0.3, 0.4) is 0 Å². The number of hydrogen-bond acceptors (Lipinski definition) is 2. The van der Waals surface area contributed by atoms with E-state index < -0.39 is 16.0 Å². The minimum Gasteiger partial charge on any atom is -0.355 e. The zero-order valence-electron chi connectivity index (χ0n) is 13.3. The lowest BCUT2D eigenvalue weighted by Gasteiger charge is -2.22. The van der Waals surface area contributed by atoms with Crippen LogP contribution in [-0.4, -0.2) is 21.9 Å². The summed E-state index contributed by atoms with van der Waals surface area (Å²) in [5, 5.41) is 3.44. The van der Waals surface area contributed by atoms with Crippen LogP contribution in [0.15, 0.2) is 18.2 Å². The summed E-state index contributed by atoms with van der Waals surface area (Å²) in [5.74, 6) is 0.687. The lowest BCUT2D eigenvalue weighted by molar-refractivity contribution is -0.120. The molecule has 6 heteroatoms. The van der Waals surface area contributed by atoms with E-state index in [4.69, 9.17) is 23.2 Å². The topological polar surface area (TPSA) is 46.2 Å². The molecule has 0 bridgehead atoms. The third-order valence-corrected chi connectivity index (χ3v) is 6.55. The average molecular weight is 376 g/mol. The normalized spacial score (nSPS) is 18.4. The van der Waals surface area contributed by atoms with Crippen LogP contribution in [-0.2, 0) is 21.3 Å². The summed E-state index contributed by atoms with van der Waals surface area (Å²) < 4.78 is 12.4. The number of carbonyl (C=O) groups is 1. The molecule has 1 aromatic rings. The highest BCUT2D eigenvalue weighted by Gasteiger charge is 2.22. The Morgan fingerprint density at radius 3 is 2.65 bits per heavy atom. The van der Waals surface area contributed by atoms with Gasteiger partial charge in [-0.2, -0.15) is 0 Å². The molecule has 0 spiro atoms. The SMILES string of the molecule is CC(C(=O)NCC1CCCCC1)S(=O)Cc1ccc(Cl)cc1Cl. The predicted octanol–water partition coefficient (Wildman–Crippen LogP) is 4.33. The van der Waals surface area contributed by atoms with Gasteiger partial charge in [0, 0.05) is 27.4 Å². The van der Waals surface area contributed by atoms with Crippen molar-refractivity contribution in [2.75, 3.05) is 6.54 Å². The molecule has 1 aliphatic carbocycles. The second kappa shape index (κ2) is 9.05. The average Bonchev–Trinajstić information content (AvgIpc) is 2.55. The lowest BCUT2D eigenvalue weighted by Crippen LogP contribution is -2.38. The lowest BCUT2D eigenvalue weighted by atomic mass is 9.89. The van der Waals surface area contributed by atoms with Gasteiger partial charge in [-0.3, -0.25) is 9.00 Å². The minimum absolute atomic E-state index is 0.140. The molecule has 2 rings (SSSR count). The predicted molar refractivity (Wildman–Crippen MR) is 97.4 cm³/mol. The molecule has 1 fully saturated rings. The van der Waals surface area contributed by atoms with E-state index in [0.717, 1.165) is 5.56 Å². The first-order chi connectivity index (χ1) is 11.0. The molecule has 0 saturated heterocycles. The maximum Gasteiger partial charge on any atom is 0.235 e. The van der Waals surface area contributed by atoms with Gasteiger partial charge in [0.1, 0.15) is 5.25 Å². The maximum absolute atomic E-state index is 12.4. The smallest absolute Gasteiger partial charge is 0.235 e. The third kappa shape index (κ3) is 5.77. The number of amides is 1. The standard InChI is InChI=1S/C17H23Cl2NO2S/c1-12(17(21)20-10-13-5-3-2-4-6-13)23(22)11-14-7-8-15(18)9-16(14)19/h7-9,12-13H,2-6,10-11H2,1H3,(H,20,21). The van der Waals surface area contributed by atoms with Crippen molar-refractivity contribution in [3.05, 3.63) is 33.8 Å². The Kier molecular flexibility index (Phi) is 7.38. The van der Waals surface area contributed by atoms with Crippen molar-refractivity contribution < 1.29 is 9.00 Å². The summed E-state index contributed by atoms with van der Waals surface area (Å²) in [4.78, 5) is 12.2. The molecule has 23 heavy (non-hydrogen) atoms. The molecule has 0 aliphatic heterocycles. The van der Waals surface area contributed by atoms with Crippen molar-refractivity contribution in [1.82, 2.24) is 5.32 Å². The first-order valence-corrected chi connectivity index (χ1v) is 10.2. The van der Waals surface area contributed by atoms with E-state index >= 15 is 0 Å². The Hall–Kier alpha value is -0.580. The van der Waals surface area contributed by atoms with Gasteiger partial charge in [-0.1, -0.05) is 48.5 Å². The highest BCUT2D eigenvalue weighted by atomic mass is 35.5. The van der Waals surface area contributed by atoms with Gasteiger partial charge in [0.25, 0.3) is 0 Å². The fourth-order valence-electron chi connectivity index (χ4n) is 2.82. The number of carbonyl (C=O) groups excluding carboxylic acids is 1. The Morgan fingerprint density at radius 2 is 2.00 bits per heavy atom. The second-order valence-electron chi connectivity index (χ2n) is 6.15. The monoisotopic (exact) mass is 375 g/mol. The molecule has 1 aromatic carbocycles. The molecule has 0 aromatic heterocycles. The number of benzene rings is 1. The summed E-state index contributed by atoms with van der Waals surface area (Å²) in [5.41, 5.74) is 0.751. The quantitative estimate of drug-likeness (QED) is 0.803. The van der Waals surface area contributed by atoms with E-state index in [0.29, 0.717) is 22.5 Å². The molecule has 1 aliphatic rings. The summed E-state index contributed by atoms with van der Waals surface area (Å²) in [7, 11) is -1.31. The van der Waals surface area contributed by atoms with Gasteiger partial charge in [0.15, 0.2) is 0 Å².